The van der Waals surface area contributed by atoms with E-state index in [-0.39, 0.29) is 11.2 Å². The van der Waals surface area contributed by atoms with Crippen LogP contribution in [0.25, 0.3) is 0 Å². The van der Waals surface area contributed by atoms with Gasteiger partial charge in [-0.1, -0.05) is 84.0 Å². The summed E-state index contributed by atoms with van der Waals surface area (Å²) in [5.41, 5.74) is 0. The normalized spacial score (nSPS) is 12.6. The van der Waals surface area contributed by atoms with Gasteiger partial charge in [0.15, 0.2) is 0 Å². The molecule has 0 radical (unpaired) electrons. The van der Waals surface area contributed by atoms with Crippen molar-refractivity contribution in [3.8, 4) is 0 Å². The number of hydrogen-bond donors (Lipinski definition) is 0. The number of rotatable bonds is 14. The lowest BCUT2D eigenvalue weighted by molar-refractivity contribution is -0.116. The van der Waals surface area contributed by atoms with Gasteiger partial charge >= 0.3 is 0 Å². The van der Waals surface area contributed by atoms with Crippen LogP contribution in [-0.4, -0.2) is 11.2 Å². The molecule has 2 heteroatoms. The average Bonchev–Trinajstić information content (AvgIpc) is 2.39. The number of carbonyl (C=O) groups excluding carboxylic acids is 1. The highest BCUT2D eigenvalue weighted by atomic mass is 35.5. The Morgan fingerprint density at radius 1 is 0.789 bits per heavy atom. The monoisotopic (exact) mass is 288 g/mol. The molecule has 0 aliphatic carbocycles. The molecule has 1 unspecified atom stereocenters. The summed E-state index contributed by atoms with van der Waals surface area (Å²) in [4.78, 5) is 10.9. The van der Waals surface area contributed by atoms with Gasteiger partial charge in [-0.25, -0.2) is 0 Å². The fourth-order valence-corrected chi connectivity index (χ4v) is 2.52. The van der Waals surface area contributed by atoms with Gasteiger partial charge in [0.1, 0.15) is 5.78 Å². The first-order valence-corrected chi connectivity index (χ1v) is 8.76. The molecule has 0 saturated carbocycles. The maximum atomic E-state index is 10.9. The topological polar surface area (TPSA) is 17.1 Å². The zero-order valence-electron chi connectivity index (χ0n) is 13.1. The van der Waals surface area contributed by atoms with Gasteiger partial charge in [-0.15, -0.1) is 11.6 Å². The van der Waals surface area contributed by atoms with Crippen molar-refractivity contribution in [1.82, 2.24) is 0 Å². The van der Waals surface area contributed by atoms with E-state index in [9.17, 15) is 4.79 Å². The Morgan fingerprint density at radius 3 is 1.53 bits per heavy atom. The Kier molecular flexibility index (Phi) is 14.3. The van der Waals surface area contributed by atoms with Crippen LogP contribution in [0.1, 0.15) is 97.3 Å². The third-order valence-electron chi connectivity index (χ3n) is 3.75. The van der Waals surface area contributed by atoms with Gasteiger partial charge in [-0.2, -0.15) is 0 Å². The van der Waals surface area contributed by atoms with E-state index in [1.54, 1.807) is 6.92 Å². The van der Waals surface area contributed by atoms with Gasteiger partial charge in [0, 0.05) is 0 Å². The Labute approximate surface area is 125 Å². The summed E-state index contributed by atoms with van der Waals surface area (Å²) in [7, 11) is 0. The van der Waals surface area contributed by atoms with Crippen LogP contribution in [0.3, 0.4) is 0 Å². The molecule has 19 heavy (non-hydrogen) atoms. The lowest BCUT2D eigenvalue weighted by Crippen LogP contribution is -2.09. The predicted molar refractivity (Wildman–Crippen MR) is 86.0 cm³/mol. The highest BCUT2D eigenvalue weighted by Crippen LogP contribution is 2.14. The van der Waals surface area contributed by atoms with Crippen LogP contribution in [-0.2, 0) is 4.79 Å². The average molecular weight is 289 g/mol. The molecule has 0 fully saturated rings. The highest BCUT2D eigenvalue weighted by molar-refractivity contribution is 6.30. The third kappa shape index (κ3) is 14.2. The van der Waals surface area contributed by atoms with Crippen LogP contribution < -0.4 is 0 Å². The molecule has 0 N–H and O–H groups in total. The minimum absolute atomic E-state index is 0.115. The summed E-state index contributed by atoms with van der Waals surface area (Å²) in [6, 6.07) is 0. The number of halogens is 1. The first-order chi connectivity index (χ1) is 9.18. The maximum absolute atomic E-state index is 10.9. The highest BCUT2D eigenvalue weighted by Gasteiger charge is 2.08. The van der Waals surface area contributed by atoms with Gasteiger partial charge in [0.05, 0.1) is 5.38 Å². The zero-order valence-corrected chi connectivity index (χ0v) is 13.8. The summed E-state index contributed by atoms with van der Waals surface area (Å²) in [6.45, 7) is 3.85. The number of carbonyl (C=O) groups is 1. The lowest BCUT2D eigenvalue weighted by atomic mass is 10.0. The van der Waals surface area contributed by atoms with Crippen LogP contribution in [0.5, 0.6) is 0 Å². The molecular formula is C17H33ClO. The van der Waals surface area contributed by atoms with E-state index in [0.29, 0.717) is 0 Å². The fourth-order valence-electron chi connectivity index (χ4n) is 2.37. The number of unbranched alkanes of at least 4 members (excludes halogenated alkanes) is 11. The van der Waals surface area contributed by atoms with E-state index in [2.05, 4.69) is 6.92 Å². The van der Waals surface area contributed by atoms with E-state index < -0.39 is 0 Å². The van der Waals surface area contributed by atoms with E-state index in [1.807, 2.05) is 0 Å². The first kappa shape index (κ1) is 19.0. The van der Waals surface area contributed by atoms with Gasteiger partial charge in [-0.05, 0) is 13.3 Å². The van der Waals surface area contributed by atoms with Gasteiger partial charge < -0.3 is 0 Å². The summed E-state index contributed by atoms with van der Waals surface area (Å²) >= 11 is 5.90. The molecule has 0 aromatic carbocycles. The summed E-state index contributed by atoms with van der Waals surface area (Å²) in [6.07, 6.45) is 17.1. The molecule has 0 aromatic rings. The molecule has 0 spiro atoms. The zero-order chi connectivity index (χ0) is 14.3. The van der Waals surface area contributed by atoms with Crippen molar-refractivity contribution in [2.75, 3.05) is 0 Å². The molecule has 0 heterocycles. The summed E-state index contributed by atoms with van der Waals surface area (Å²) in [5, 5.41) is -0.247. The molecule has 0 bridgehead atoms. The quantitative estimate of drug-likeness (QED) is 0.272. The van der Waals surface area contributed by atoms with Crippen LogP contribution >= 0.6 is 11.6 Å². The minimum Gasteiger partial charge on any atom is -0.298 e. The van der Waals surface area contributed by atoms with E-state index in [1.165, 1.54) is 70.6 Å². The minimum atomic E-state index is -0.247. The molecular weight excluding hydrogens is 256 g/mol. The van der Waals surface area contributed by atoms with E-state index >= 15 is 0 Å². The Bertz CT molecular complexity index is 203. The molecule has 0 aliphatic rings. The predicted octanol–water partition coefficient (Wildman–Crippen LogP) is 6.27. The van der Waals surface area contributed by atoms with Crippen molar-refractivity contribution >= 4 is 17.4 Å². The summed E-state index contributed by atoms with van der Waals surface area (Å²) < 4.78 is 0. The molecule has 0 saturated heterocycles. The number of hydrogen-bond acceptors (Lipinski definition) is 1. The molecule has 114 valence electrons. The molecule has 1 nitrogen and oxygen atoms in total. The lowest BCUT2D eigenvalue weighted by Gasteiger charge is -2.05. The Balaban J connectivity index is 3.05. The Hall–Kier alpha value is -0.0400. The molecule has 1 atom stereocenters. The second-order valence-corrected chi connectivity index (χ2v) is 6.28. The first-order valence-electron chi connectivity index (χ1n) is 8.33. The largest absolute Gasteiger partial charge is 0.298 e. The van der Waals surface area contributed by atoms with E-state index in [0.717, 1.165) is 12.8 Å². The molecule has 0 amide bonds. The number of Topliss-reactive ketones (excluding diaryl/α,β-unsaturated/α-hetero) is 1. The standard InChI is InChI=1S/C17H33ClO/c1-3-4-5-6-7-8-9-10-11-12-13-14-15-17(18)16(2)19/h17H,3-15H2,1-2H3. The smallest absolute Gasteiger partial charge is 0.147 e. The van der Waals surface area contributed by atoms with E-state index in [4.69, 9.17) is 11.6 Å². The van der Waals surface area contributed by atoms with Crippen molar-refractivity contribution in [3.05, 3.63) is 0 Å². The van der Waals surface area contributed by atoms with Crippen molar-refractivity contribution in [2.24, 2.45) is 0 Å². The van der Waals surface area contributed by atoms with Gasteiger partial charge in [0.25, 0.3) is 0 Å². The van der Waals surface area contributed by atoms with Crippen LogP contribution in [0.2, 0.25) is 0 Å². The van der Waals surface area contributed by atoms with Crippen molar-refractivity contribution in [2.45, 2.75) is 103 Å². The van der Waals surface area contributed by atoms with Crippen molar-refractivity contribution in [1.29, 1.82) is 0 Å². The molecule has 0 rings (SSSR count). The molecule has 0 aromatic heterocycles. The fraction of sp³-hybridized carbons (Fsp3) is 0.941. The van der Waals surface area contributed by atoms with Crippen molar-refractivity contribution < 1.29 is 4.79 Å². The summed E-state index contributed by atoms with van der Waals surface area (Å²) in [5.74, 6) is 0.115. The van der Waals surface area contributed by atoms with Crippen molar-refractivity contribution in [3.63, 3.8) is 0 Å². The third-order valence-corrected chi connectivity index (χ3v) is 4.28. The second-order valence-electron chi connectivity index (χ2n) is 5.76. The SMILES string of the molecule is CCCCCCCCCCCCCCC(Cl)C(C)=O. The molecule has 0 aliphatic heterocycles. The maximum Gasteiger partial charge on any atom is 0.147 e. The van der Waals surface area contributed by atoms with Gasteiger partial charge in [0.2, 0.25) is 0 Å². The van der Waals surface area contributed by atoms with Gasteiger partial charge in [-0.3, -0.25) is 4.79 Å². The van der Waals surface area contributed by atoms with Crippen LogP contribution in [0.15, 0.2) is 0 Å². The van der Waals surface area contributed by atoms with Crippen LogP contribution in [0.4, 0.5) is 0 Å². The Morgan fingerprint density at radius 2 is 1.16 bits per heavy atom. The number of ketones is 1. The number of alkyl halides is 1. The van der Waals surface area contributed by atoms with Crippen LogP contribution in [0, 0.1) is 0 Å². The second kappa shape index (κ2) is 14.4.